The summed E-state index contributed by atoms with van der Waals surface area (Å²) in [4.78, 5) is 18.6. The van der Waals surface area contributed by atoms with Crippen LogP contribution in [0.15, 0.2) is 12.3 Å². The second-order valence-corrected chi connectivity index (χ2v) is 6.22. The number of hydrogen-bond donors (Lipinski definition) is 1. The van der Waals surface area contributed by atoms with Gasteiger partial charge in [-0.05, 0) is 37.7 Å². The molecule has 2 heterocycles. The summed E-state index contributed by atoms with van der Waals surface area (Å²) < 4.78 is 0. The van der Waals surface area contributed by atoms with Crippen molar-refractivity contribution in [3.05, 3.63) is 23.5 Å². The summed E-state index contributed by atoms with van der Waals surface area (Å²) in [6, 6.07) is 1.76. The molecule has 1 aliphatic heterocycles. The molecule has 2 rings (SSSR count). The van der Waals surface area contributed by atoms with Crippen molar-refractivity contribution in [3.63, 3.8) is 0 Å². The van der Waals surface area contributed by atoms with Gasteiger partial charge < -0.3 is 10.6 Å². The predicted octanol–water partition coefficient (Wildman–Crippen LogP) is 2.62. The highest BCUT2D eigenvalue weighted by molar-refractivity contribution is 5.98. The van der Waals surface area contributed by atoms with E-state index in [0.717, 1.165) is 31.6 Å². The van der Waals surface area contributed by atoms with E-state index in [1.807, 2.05) is 11.8 Å². The van der Waals surface area contributed by atoms with Gasteiger partial charge in [-0.15, -0.1) is 0 Å². The number of pyridine rings is 1. The van der Waals surface area contributed by atoms with Crippen LogP contribution in [0, 0.1) is 12.3 Å². The molecule has 0 unspecified atom stereocenters. The molecular weight excluding hydrogens is 238 g/mol. The number of nitrogen functional groups attached to an aromatic ring is 1. The molecule has 2 N–H and O–H groups in total. The van der Waals surface area contributed by atoms with E-state index in [1.165, 1.54) is 6.42 Å². The number of aromatic nitrogens is 1. The van der Waals surface area contributed by atoms with Crippen molar-refractivity contribution in [1.29, 1.82) is 0 Å². The Morgan fingerprint density at radius 1 is 1.37 bits per heavy atom. The van der Waals surface area contributed by atoms with Crippen LogP contribution >= 0.6 is 0 Å². The molecule has 0 aliphatic carbocycles. The Kier molecular flexibility index (Phi) is 3.78. The maximum Gasteiger partial charge on any atom is 0.257 e. The normalized spacial score (nSPS) is 19.0. The first-order valence-electron chi connectivity index (χ1n) is 6.90. The summed E-state index contributed by atoms with van der Waals surface area (Å²) in [6.07, 6.45) is 4.86. The highest BCUT2D eigenvalue weighted by Gasteiger charge is 2.26. The molecule has 1 amide bonds. The molecular formula is C15H23N3O. The van der Waals surface area contributed by atoms with Crippen LogP contribution in [0.3, 0.4) is 0 Å². The van der Waals surface area contributed by atoms with Crippen molar-refractivity contribution in [3.8, 4) is 0 Å². The van der Waals surface area contributed by atoms with Crippen molar-refractivity contribution < 1.29 is 4.79 Å². The van der Waals surface area contributed by atoms with E-state index in [4.69, 9.17) is 5.73 Å². The van der Waals surface area contributed by atoms with Crippen LogP contribution in [0.5, 0.6) is 0 Å². The zero-order valence-corrected chi connectivity index (χ0v) is 12.1. The third kappa shape index (κ3) is 3.25. The van der Waals surface area contributed by atoms with Gasteiger partial charge in [0.25, 0.3) is 5.91 Å². The van der Waals surface area contributed by atoms with Crippen molar-refractivity contribution in [2.75, 3.05) is 18.8 Å². The number of aryl methyl sites for hydroxylation is 1. The van der Waals surface area contributed by atoms with E-state index in [-0.39, 0.29) is 5.91 Å². The minimum Gasteiger partial charge on any atom is -0.398 e. The van der Waals surface area contributed by atoms with Crippen LogP contribution in [0.1, 0.15) is 49.2 Å². The smallest absolute Gasteiger partial charge is 0.257 e. The fourth-order valence-corrected chi connectivity index (χ4v) is 2.56. The first-order chi connectivity index (χ1) is 8.89. The number of amides is 1. The molecule has 1 aliphatic rings. The fraction of sp³-hybridized carbons (Fsp3) is 0.600. The van der Waals surface area contributed by atoms with Crippen LogP contribution in [0.2, 0.25) is 0 Å². The molecule has 19 heavy (non-hydrogen) atoms. The Labute approximate surface area is 115 Å². The number of likely N-dealkylation sites (tertiary alicyclic amines) is 1. The molecule has 1 saturated heterocycles. The molecule has 0 atom stereocenters. The number of anilines is 1. The van der Waals surface area contributed by atoms with Crippen molar-refractivity contribution in [2.45, 2.75) is 40.0 Å². The van der Waals surface area contributed by atoms with E-state index >= 15 is 0 Å². The third-order valence-electron chi connectivity index (χ3n) is 3.93. The quantitative estimate of drug-likeness (QED) is 0.845. The zero-order chi connectivity index (χ0) is 14.0. The summed E-state index contributed by atoms with van der Waals surface area (Å²) in [5.74, 6) is 0.0164. The first-order valence-corrected chi connectivity index (χ1v) is 6.90. The number of carbonyl (C=O) groups is 1. The van der Waals surface area contributed by atoms with Gasteiger partial charge in [0, 0.05) is 30.7 Å². The number of nitrogens with zero attached hydrogens (tertiary/aromatic N) is 2. The highest BCUT2D eigenvalue weighted by atomic mass is 16.2. The predicted molar refractivity (Wildman–Crippen MR) is 76.9 cm³/mol. The number of hydrogen-bond acceptors (Lipinski definition) is 3. The molecule has 0 spiro atoms. The van der Waals surface area contributed by atoms with Crippen LogP contribution in [-0.4, -0.2) is 28.9 Å². The Bertz CT molecular complexity index is 482. The molecule has 104 valence electrons. The molecule has 1 aromatic heterocycles. The van der Waals surface area contributed by atoms with Crippen LogP contribution < -0.4 is 5.73 Å². The summed E-state index contributed by atoms with van der Waals surface area (Å²) >= 11 is 0. The van der Waals surface area contributed by atoms with Gasteiger partial charge in [-0.3, -0.25) is 9.78 Å². The third-order valence-corrected chi connectivity index (χ3v) is 3.93. The Morgan fingerprint density at radius 2 is 2.11 bits per heavy atom. The summed E-state index contributed by atoms with van der Waals surface area (Å²) in [5.41, 5.74) is 8.16. The average molecular weight is 261 g/mol. The molecule has 4 heteroatoms. The summed E-state index contributed by atoms with van der Waals surface area (Å²) in [7, 11) is 0. The van der Waals surface area contributed by atoms with Crippen LogP contribution in [0.25, 0.3) is 0 Å². The van der Waals surface area contributed by atoms with E-state index < -0.39 is 0 Å². The maximum absolute atomic E-state index is 12.5. The van der Waals surface area contributed by atoms with Crippen molar-refractivity contribution in [1.82, 2.24) is 9.88 Å². The minimum atomic E-state index is 0.0164. The second kappa shape index (κ2) is 5.19. The monoisotopic (exact) mass is 261 g/mol. The van der Waals surface area contributed by atoms with Gasteiger partial charge in [-0.2, -0.15) is 0 Å². The van der Waals surface area contributed by atoms with Gasteiger partial charge in [0.2, 0.25) is 0 Å². The molecule has 1 fully saturated rings. The molecule has 0 radical (unpaired) electrons. The number of carbonyl (C=O) groups excluding carboxylic acids is 1. The lowest BCUT2D eigenvalue weighted by molar-refractivity contribution is 0.0758. The van der Waals surface area contributed by atoms with Gasteiger partial charge >= 0.3 is 0 Å². The summed E-state index contributed by atoms with van der Waals surface area (Å²) in [6.45, 7) is 8.03. The molecule has 4 nitrogen and oxygen atoms in total. The van der Waals surface area contributed by atoms with E-state index in [2.05, 4.69) is 18.8 Å². The van der Waals surface area contributed by atoms with Crippen molar-refractivity contribution in [2.24, 2.45) is 5.41 Å². The van der Waals surface area contributed by atoms with Crippen LogP contribution in [-0.2, 0) is 0 Å². The molecule has 0 aromatic carbocycles. The standard InChI is InChI=1S/C15H23N3O/c1-11-9-13(16)12(10-17-11)14(19)18-7-4-5-15(2,3)6-8-18/h9-10H,4-8H2,1-3H3,(H2,16,17). The van der Waals surface area contributed by atoms with Gasteiger partial charge in [-0.1, -0.05) is 13.8 Å². The number of nitrogens with two attached hydrogens (primary N) is 1. The van der Waals surface area contributed by atoms with Crippen molar-refractivity contribution >= 4 is 11.6 Å². The second-order valence-electron chi connectivity index (χ2n) is 6.22. The lowest BCUT2D eigenvalue weighted by Gasteiger charge is -2.23. The largest absolute Gasteiger partial charge is 0.398 e. The highest BCUT2D eigenvalue weighted by Crippen LogP contribution is 2.30. The first kappa shape index (κ1) is 13.8. The van der Waals surface area contributed by atoms with Gasteiger partial charge in [0.05, 0.1) is 5.56 Å². The van der Waals surface area contributed by atoms with E-state index in [1.54, 1.807) is 12.3 Å². The topological polar surface area (TPSA) is 59.2 Å². The Balaban J connectivity index is 2.15. The average Bonchev–Trinajstić information content (AvgIpc) is 2.49. The van der Waals surface area contributed by atoms with Crippen LogP contribution in [0.4, 0.5) is 5.69 Å². The number of rotatable bonds is 1. The Hall–Kier alpha value is -1.58. The van der Waals surface area contributed by atoms with E-state index in [9.17, 15) is 4.79 Å². The molecule has 0 bridgehead atoms. The van der Waals surface area contributed by atoms with Gasteiger partial charge in [0.15, 0.2) is 0 Å². The lowest BCUT2D eigenvalue weighted by Crippen LogP contribution is -2.33. The molecule has 1 aromatic rings. The SMILES string of the molecule is Cc1cc(N)c(C(=O)N2CCCC(C)(C)CC2)cn1. The zero-order valence-electron chi connectivity index (χ0n) is 12.1. The molecule has 0 saturated carbocycles. The lowest BCUT2D eigenvalue weighted by atomic mass is 9.85. The maximum atomic E-state index is 12.5. The van der Waals surface area contributed by atoms with E-state index in [0.29, 0.717) is 16.7 Å². The van der Waals surface area contributed by atoms with Gasteiger partial charge in [-0.25, -0.2) is 0 Å². The van der Waals surface area contributed by atoms with Gasteiger partial charge in [0.1, 0.15) is 0 Å². The Morgan fingerprint density at radius 3 is 2.79 bits per heavy atom. The fourth-order valence-electron chi connectivity index (χ4n) is 2.56. The minimum absolute atomic E-state index is 0.0164. The summed E-state index contributed by atoms with van der Waals surface area (Å²) in [5, 5.41) is 0.